The molecule has 0 heterocycles. The van der Waals surface area contributed by atoms with Crippen molar-refractivity contribution in [2.24, 2.45) is 11.7 Å². The molecule has 1 aromatic carbocycles. The predicted molar refractivity (Wildman–Crippen MR) is 70.6 cm³/mol. The van der Waals surface area contributed by atoms with E-state index in [0.717, 1.165) is 19.5 Å². The van der Waals surface area contributed by atoms with Crippen LogP contribution in [0, 0.1) is 5.92 Å². The second kappa shape index (κ2) is 7.07. The van der Waals surface area contributed by atoms with Crippen LogP contribution in [0.5, 0.6) is 0 Å². The van der Waals surface area contributed by atoms with Gasteiger partial charge in [0.2, 0.25) is 5.91 Å². The lowest BCUT2D eigenvalue weighted by atomic mass is 9.98. The first kappa shape index (κ1) is 13.7. The van der Waals surface area contributed by atoms with Gasteiger partial charge < -0.3 is 10.6 Å². The van der Waals surface area contributed by atoms with Crippen molar-refractivity contribution in [2.45, 2.75) is 20.3 Å². The molecule has 3 heteroatoms. The average Bonchev–Trinajstić information content (AvgIpc) is 2.38. The standard InChI is InChI=1S/C14H22N2O/c1-3-16(4-2)14(17)13(11-15)10-12-8-6-5-7-9-12/h5-9,13H,3-4,10-11,15H2,1-2H3. The van der Waals surface area contributed by atoms with Crippen LogP contribution in [0.2, 0.25) is 0 Å². The molecule has 1 unspecified atom stereocenters. The maximum atomic E-state index is 12.2. The van der Waals surface area contributed by atoms with Crippen molar-refractivity contribution in [3.05, 3.63) is 35.9 Å². The molecule has 1 rings (SSSR count). The molecule has 0 fully saturated rings. The summed E-state index contributed by atoms with van der Waals surface area (Å²) in [6, 6.07) is 10.0. The monoisotopic (exact) mass is 234 g/mol. The van der Waals surface area contributed by atoms with Crippen molar-refractivity contribution in [1.29, 1.82) is 0 Å². The second-order valence-corrected chi connectivity index (χ2v) is 4.13. The molecule has 0 saturated heterocycles. The predicted octanol–water partition coefficient (Wildman–Crippen LogP) is 1.67. The summed E-state index contributed by atoms with van der Waals surface area (Å²) in [4.78, 5) is 14.0. The summed E-state index contributed by atoms with van der Waals surface area (Å²) in [7, 11) is 0. The molecular formula is C14H22N2O. The van der Waals surface area contributed by atoms with Gasteiger partial charge in [-0.2, -0.15) is 0 Å². The SMILES string of the molecule is CCN(CC)C(=O)C(CN)Cc1ccccc1. The molecule has 0 aliphatic carbocycles. The molecule has 3 nitrogen and oxygen atoms in total. The van der Waals surface area contributed by atoms with E-state index in [2.05, 4.69) is 0 Å². The Bertz CT molecular complexity index is 333. The molecule has 1 atom stereocenters. The highest BCUT2D eigenvalue weighted by Gasteiger charge is 2.21. The summed E-state index contributed by atoms with van der Waals surface area (Å²) in [6.45, 7) is 5.90. The Hall–Kier alpha value is -1.35. The third-order valence-corrected chi connectivity index (χ3v) is 3.03. The number of carbonyl (C=O) groups excluding carboxylic acids is 1. The first-order valence-corrected chi connectivity index (χ1v) is 6.25. The molecule has 0 bridgehead atoms. The fourth-order valence-corrected chi connectivity index (χ4v) is 1.96. The lowest BCUT2D eigenvalue weighted by Gasteiger charge is -2.24. The second-order valence-electron chi connectivity index (χ2n) is 4.13. The van der Waals surface area contributed by atoms with Crippen LogP contribution in [-0.2, 0) is 11.2 Å². The Labute approximate surface area is 104 Å². The number of rotatable bonds is 6. The Morgan fingerprint density at radius 2 is 1.82 bits per heavy atom. The van der Waals surface area contributed by atoms with E-state index in [4.69, 9.17) is 5.73 Å². The van der Waals surface area contributed by atoms with E-state index in [1.807, 2.05) is 49.1 Å². The van der Waals surface area contributed by atoms with Crippen LogP contribution in [0.4, 0.5) is 0 Å². The van der Waals surface area contributed by atoms with Crippen LogP contribution in [0.1, 0.15) is 19.4 Å². The highest BCUT2D eigenvalue weighted by molar-refractivity contribution is 5.79. The minimum absolute atomic E-state index is 0.0997. The smallest absolute Gasteiger partial charge is 0.227 e. The zero-order valence-corrected chi connectivity index (χ0v) is 10.7. The van der Waals surface area contributed by atoms with Gasteiger partial charge in [-0.25, -0.2) is 0 Å². The Balaban J connectivity index is 2.68. The number of nitrogens with two attached hydrogens (primary N) is 1. The van der Waals surface area contributed by atoms with Crippen LogP contribution < -0.4 is 5.73 Å². The Kier molecular flexibility index (Phi) is 5.70. The van der Waals surface area contributed by atoms with Crippen LogP contribution >= 0.6 is 0 Å². The number of benzene rings is 1. The molecule has 17 heavy (non-hydrogen) atoms. The average molecular weight is 234 g/mol. The summed E-state index contributed by atoms with van der Waals surface area (Å²) in [6.07, 6.45) is 0.729. The van der Waals surface area contributed by atoms with Crippen molar-refractivity contribution in [3.8, 4) is 0 Å². The van der Waals surface area contributed by atoms with Gasteiger partial charge in [-0.15, -0.1) is 0 Å². The third-order valence-electron chi connectivity index (χ3n) is 3.03. The zero-order chi connectivity index (χ0) is 12.7. The number of nitrogens with zero attached hydrogens (tertiary/aromatic N) is 1. The molecule has 94 valence electrons. The Morgan fingerprint density at radius 3 is 2.29 bits per heavy atom. The molecule has 0 aromatic heterocycles. The van der Waals surface area contributed by atoms with E-state index < -0.39 is 0 Å². The number of amides is 1. The Morgan fingerprint density at radius 1 is 1.24 bits per heavy atom. The van der Waals surface area contributed by atoms with Crippen LogP contribution in [-0.4, -0.2) is 30.4 Å². The third kappa shape index (κ3) is 3.86. The summed E-state index contributed by atoms with van der Waals surface area (Å²) >= 11 is 0. The van der Waals surface area contributed by atoms with E-state index in [9.17, 15) is 4.79 Å². The van der Waals surface area contributed by atoms with Gasteiger partial charge in [0, 0.05) is 19.6 Å². The summed E-state index contributed by atoms with van der Waals surface area (Å²) in [5.41, 5.74) is 6.89. The molecule has 0 aliphatic rings. The number of carbonyl (C=O) groups is 1. The molecule has 1 amide bonds. The lowest BCUT2D eigenvalue weighted by Crippen LogP contribution is -2.39. The van der Waals surface area contributed by atoms with Crippen LogP contribution in [0.25, 0.3) is 0 Å². The van der Waals surface area contributed by atoms with Crippen molar-refractivity contribution < 1.29 is 4.79 Å². The summed E-state index contributed by atoms with van der Waals surface area (Å²) in [5, 5.41) is 0. The minimum Gasteiger partial charge on any atom is -0.343 e. The van der Waals surface area contributed by atoms with Gasteiger partial charge in [0.05, 0.1) is 5.92 Å². The van der Waals surface area contributed by atoms with Crippen LogP contribution in [0.15, 0.2) is 30.3 Å². The maximum Gasteiger partial charge on any atom is 0.227 e. The zero-order valence-electron chi connectivity index (χ0n) is 10.7. The minimum atomic E-state index is -0.0997. The first-order valence-electron chi connectivity index (χ1n) is 6.25. The first-order chi connectivity index (χ1) is 8.22. The quantitative estimate of drug-likeness (QED) is 0.814. The molecule has 0 saturated carbocycles. The van der Waals surface area contributed by atoms with Crippen molar-refractivity contribution >= 4 is 5.91 Å². The maximum absolute atomic E-state index is 12.2. The van der Waals surface area contributed by atoms with Crippen molar-refractivity contribution in [1.82, 2.24) is 4.90 Å². The molecule has 1 aromatic rings. The lowest BCUT2D eigenvalue weighted by molar-refractivity contribution is -0.134. The normalized spacial score (nSPS) is 12.2. The van der Waals surface area contributed by atoms with Crippen molar-refractivity contribution in [3.63, 3.8) is 0 Å². The van der Waals surface area contributed by atoms with E-state index >= 15 is 0 Å². The highest BCUT2D eigenvalue weighted by atomic mass is 16.2. The summed E-state index contributed by atoms with van der Waals surface area (Å²) in [5.74, 6) is 0.0682. The fourth-order valence-electron chi connectivity index (χ4n) is 1.96. The molecule has 2 N–H and O–H groups in total. The molecular weight excluding hydrogens is 212 g/mol. The number of hydrogen-bond acceptors (Lipinski definition) is 2. The van der Waals surface area contributed by atoms with Gasteiger partial charge in [-0.05, 0) is 25.8 Å². The number of hydrogen-bond donors (Lipinski definition) is 1. The van der Waals surface area contributed by atoms with Gasteiger partial charge in [0.1, 0.15) is 0 Å². The van der Waals surface area contributed by atoms with Crippen LogP contribution in [0.3, 0.4) is 0 Å². The van der Waals surface area contributed by atoms with E-state index in [1.165, 1.54) is 5.56 Å². The molecule has 0 aliphatic heterocycles. The van der Waals surface area contributed by atoms with Gasteiger partial charge in [-0.1, -0.05) is 30.3 Å². The highest BCUT2D eigenvalue weighted by Crippen LogP contribution is 2.11. The van der Waals surface area contributed by atoms with E-state index in [0.29, 0.717) is 6.54 Å². The van der Waals surface area contributed by atoms with Gasteiger partial charge >= 0.3 is 0 Å². The van der Waals surface area contributed by atoms with Gasteiger partial charge in [0.15, 0.2) is 0 Å². The van der Waals surface area contributed by atoms with Crippen molar-refractivity contribution in [2.75, 3.05) is 19.6 Å². The molecule has 0 radical (unpaired) electrons. The topological polar surface area (TPSA) is 46.3 Å². The van der Waals surface area contributed by atoms with Gasteiger partial charge in [-0.3, -0.25) is 4.79 Å². The summed E-state index contributed by atoms with van der Waals surface area (Å²) < 4.78 is 0. The van der Waals surface area contributed by atoms with E-state index in [-0.39, 0.29) is 11.8 Å². The molecule has 0 spiro atoms. The fraction of sp³-hybridized carbons (Fsp3) is 0.500. The van der Waals surface area contributed by atoms with Gasteiger partial charge in [0.25, 0.3) is 0 Å². The largest absolute Gasteiger partial charge is 0.343 e. The van der Waals surface area contributed by atoms with E-state index in [1.54, 1.807) is 0 Å².